The molecule has 2 N–H and O–H groups in total. The van der Waals surface area contributed by atoms with Crippen molar-refractivity contribution in [2.75, 3.05) is 13.1 Å². The number of benzene rings is 1. The van der Waals surface area contributed by atoms with Crippen molar-refractivity contribution in [3.8, 4) is 0 Å². The number of nitrogens with two attached hydrogens (primary N) is 1. The van der Waals surface area contributed by atoms with Gasteiger partial charge in [-0.15, -0.1) is 0 Å². The predicted octanol–water partition coefficient (Wildman–Crippen LogP) is 3.46. The van der Waals surface area contributed by atoms with E-state index in [9.17, 15) is 4.79 Å². The first-order chi connectivity index (χ1) is 10.1. The van der Waals surface area contributed by atoms with Crippen LogP contribution in [-0.4, -0.2) is 29.9 Å². The molecular weight excluding hydrogens is 260 g/mol. The second-order valence-corrected chi connectivity index (χ2v) is 5.31. The number of amides is 1. The quantitative estimate of drug-likeness (QED) is 0.745. The van der Waals surface area contributed by atoms with E-state index in [1.54, 1.807) is 0 Å². The summed E-state index contributed by atoms with van der Waals surface area (Å²) >= 11 is 0. The van der Waals surface area contributed by atoms with Gasteiger partial charge in [-0.3, -0.25) is 4.79 Å². The molecule has 0 aliphatic heterocycles. The highest BCUT2D eigenvalue weighted by molar-refractivity contribution is 6.19. The van der Waals surface area contributed by atoms with Crippen LogP contribution in [0.4, 0.5) is 0 Å². The maximum Gasteiger partial charge on any atom is 0.254 e. The van der Waals surface area contributed by atoms with Crippen molar-refractivity contribution in [1.29, 1.82) is 0 Å². The molecule has 1 aromatic carbocycles. The summed E-state index contributed by atoms with van der Waals surface area (Å²) in [4.78, 5) is 14.8. The van der Waals surface area contributed by atoms with Crippen molar-refractivity contribution in [2.24, 2.45) is 5.73 Å². The van der Waals surface area contributed by atoms with E-state index >= 15 is 0 Å². The van der Waals surface area contributed by atoms with Gasteiger partial charge in [-0.25, -0.2) is 0 Å². The number of hydrogen-bond acceptors (Lipinski definition) is 2. The maximum absolute atomic E-state index is 12.9. The molecule has 0 aliphatic carbocycles. The van der Waals surface area contributed by atoms with Gasteiger partial charge in [0.1, 0.15) is 0 Å². The average Bonchev–Trinajstić information content (AvgIpc) is 2.52. The molecule has 0 saturated heterocycles. The third kappa shape index (κ3) is 5.35. The summed E-state index contributed by atoms with van der Waals surface area (Å²) in [5.41, 5.74) is 7.73. The first-order valence-electron chi connectivity index (χ1n) is 7.96. The fourth-order valence-corrected chi connectivity index (χ4v) is 2.27. The van der Waals surface area contributed by atoms with Crippen molar-refractivity contribution < 1.29 is 4.79 Å². The van der Waals surface area contributed by atoms with E-state index in [0.29, 0.717) is 0 Å². The first-order valence-corrected chi connectivity index (χ1v) is 7.96. The summed E-state index contributed by atoms with van der Waals surface area (Å²) in [6.07, 6.45) is 4.67. The summed E-state index contributed by atoms with van der Waals surface area (Å²) in [6.45, 7) is 7.81. The topological polar surface area (TPSA) is 46.3 Å². The monoisotopic (exact) mass is 288 g/mol. The molecule has 1 unspecified atom stereocenters. The number of carbonyl (C=O) groups excluding carboxylic acids is 1. The van der Waals surface area contributed by atoms with Gasteiger partial charge in [0.15, 0.2) is 0 Å². The molecule has 1 amide bonds. The summed E-state index contributed by atoms with van der Waals surface area (Å²) in [6, 6.07) is 9.73. The Kier molecular flexibility index (Phi) is 7.76. The standard InChI is InChI=1S/C18H28N2O/c1-4-12-20(13-5-2)18(21)17(14-16(19)6-3)15-10-8-7-9-11-15/h7-11,14,16H,4-6,12-13,19H2,1-3H3/b17-14-. The second-order valence-electron chi connectivity index (χ2n) is 5.31. The van der Waals surface area contributed by atoms with Crippen LogP contribution in [0.15, 0.2) is 36.4 Å². The van der Waals surface area contributed by atoms with Crippen molar-refractivity contribution in [3.05, 3.63) is 42.0 Å². The minimum atomic E-state index is -0.0886. The molecule has 0 fully saturated rings. The molecule has 21 heavy (non-hydrogen) atoms. The molecule has 0 bridgehead atoms. The lowest BCUT2D eigenvalue weighted by Crippen LogP contribution is -2.34. The fraction of sp³-hybridized carbons (Fsp3) is 0.500. The van der Waals surface area contributed by atoms with Crippen LogP contribution in [0.5, 0.6) is 0 Å². The molecule has 3 nitrogen and oxygen atoms in total. The van der Waals surface area contributed by atoms with Crippen molar-refractivity contribution in [2.45, 2.75) is 46.1 Å². The van der Waals surface area contributed by atoms with Crippen molar-refractivity contribution >= 4 is 11.5 Å². The van der Waals surface area contributed by atoms with Crippen LogP contribution in [0.2, 0.25) is 0 Å². The summed E-state index contributed by atoms with van der Waals surface area (Å²) in [5.74, 6) is 0.0915. The molecule has 0 aliphatic rings. The van der Waals surface area contributed by atoms with Crippen LogP contribution in [0.3, 0.4) is 0 Å². The van der Waals surface area contributed by atoms with E-state index in [0.717, 1.165) is 43.5 Å². The molecule has 1 aromatic rings. The smallest absolute Gasteiger partial charge is 0.254 e. The van der Waals surface area contributed by atoms with E-state index in [-0.39, 0.29) is 11.9 Å². The predicted molar refractivity (Wildman–Crippen MR) is 89.8 cm³/mol. The zero-order valence-electron chi connectivity index (χ0n) is 13.5. The Labute approximate surface area is 128 Å². The van der Waals surface area contributed by atoms with Gasteiger partial charge in [0.2, 0.25) is 0 Å². The van der Waals surface area contributed by atoms with Crippen LogP contribution >= 0.6 is 0 Å². The summed E-state index contributed by atoms with van der Waals surface area (Å²) < 4.78 is 0. The molecule has 1 atom stereocenters. The van der Waals surface area contributed by atoms with Gasteiger partial charge in [0, 0.05) is 24.7 Å². The van der Waals surface area contributed by atoms with Crippen molar-refractivity contribution in [3.63, 3.8) is 0 Å². The molecule has 0 aromatic heterocycles. The van der Waals surface area contributed by atoms with E-state index in [2.05, 4.69) is 13.8 Å². The van der Waals surface area contributed by atoms with Gasteiger partial charge in [0.25, 0.3) is 5.91 Å². The van der Waals surface area contributed by atoms with E-state index in [4.69, 9.17) is 5.73 Å². The van der Waals surface area contributed by atoms with Gasteiger partial charge in [-0.05, 0) is 24.8 Å². The number of carbonyl (C=O) groups is 1. The first kappa shape index (κ1) is 17.4. The lowest BCUT2D eigenvalue weighted by Gasteiger charge is -2.23. The van der Waals surface area contributed by atoms with Crippen molar-refractivity contribution in [1.82, 2.24) is 4.90 Å². The van der Waals surface area contributed by atoms with Gasteiger partial charge in [-0.2, -0.15) is 0 Å². The van der Waals surface area contributed by atoms with E-state index < -0.39 is 0 Å². The van der Waals surface area contributed by atoms with Crippen LogP contribution < -0.4 is 5.73 Å². The zero-order valence-corrected chi connectivity index (χ0v) is 13.5. The Bertz CT molecular complexity index is 448. The Hall–Kier alpha value is -1.61. The lowest BCUT2D eigenvalue weighted by molar-refractivity contribution is -0.125. The zero-order chi connectivity index (χ0) is 15.7. The molecule has 3 heteroatoms. The van der Waals surface area contributed by atoms with Crippen LogP contribution in [-0.2, 0) is 4.79 Å². The van der Waals surface area contributed by atoms with Gasteiger partial charge in [-0.1, -0.05) is 57.2 Å². The van der Waals surface area contributed by atoms with Crippen LogP contribution in [0.25, 0.3) is 5.57 Å². The minimum absolute atomic E-state index is 0.0886. The van der Waals surface area contributed by atoms with E-state index in [1.165, 1.54) is 0 Å². The highest BCUT2D eigenvalue weighted by Gasteiger charge is 2.19. The highest BCUT2D eigenvalue weighted by atomic mass is 16.2. The van der Waals surface area contributed by atoms with Crippen LogP contribution in [0.1, 0.15) is 45.6 Å². The Morgan fingerprint density at radius 2 is 1.71 bits per heavy atom. The third-order valence-corrected chi connectivity index (χ3v) is 3.44. The number of nitrogens with zero attached hydrogens (tertiary/aromatic N) is 1. The summed E-state index contributed by atoms with van der Waals surface area (Å²) in [7, 11) is 0. The molecule has 116 valence electrons. The van der Waals surface area contributed by atoms with Gasteiger partial charge >= 0.3 is 0 Å². The van der Waals surface area contributed by atoms with Gasteiger partial charge < -0.3 is 10.6 Å². The minimum Gasteiger partial charge on any atom is -0.339 e. The molecular formula is C18H28N2O. The Balaban J connectivity index is 3.11. The summed E-state index contributed by atoms with van der Waals surface area (Å²) in [5, 5.41) is 0. The number of rotatable bonds is 8. The van der Waals surface area contributed by atoms with Gasteiger partial charge in [0.05, 0.1) is 0 Å². The Morgan fingerprint density at radius 1 is 1.14 bits per heavy atom. The SMILES string of the molecule is CCCN(CCC)C(=O)/C(=C\C(N)CC)c1ccccc1. The fourth-order valence-electron chi connectivity index (χ4n) is 2.27. The Morgan fingerprint density at radius 3 is 2.19 bits per heavy atom. The largest absolute Gasteiger partial charge is 0.339 e. The average molecular weight is 288 g/mol. The lowest BCUT2D eigenvalue weighted by atomic mass is 10.0. The van der Waals surface area contributed by atoms with Crippen LogP contribution in [0, 0.1) is 0 Å². The molecule has 1 rings (SSSR count). The normalized spacial score (nSPS) is 13.0. The maximum atomic E-state index is 12.9. The number of hydrogen-bond donors (Lipinski definition) is 1. The molecule has 0 heterocycles. The molecule has 0 spiro atoms. The molecule has 0 radical (unpaired) electrons. The molecule has 0 saturated carbocycles. The second kappa shape index (κ2) is 9.35. The van der Waals surface area contributed by atoms with E-state index in [1.807, 2.05) is 48.2 Å². The third-order valence-electron chi connectivity index (χ3n) is 3.44. The highest BCUT2D eigenvalue weighted by Crippen LogP contribution is 2.19.